The number of aromatic nitrogens is 1. The second kappa shape index (κ2) is 6.73. The van der Waals surface area contributed by atoms with Gasteiger partial charge in [0.15, 0.2) is 6.10 Å². The molecule has 2 atom stereocenters. The van der Waals surface area contributed by atoms with Gasteiger partial charge in [0.25, 0.3) is 0 Å². The lowest BCUT2D eigenvalue weighted by Gasteiger charge is -2.24. The van der Waals surface area contributed by atoms with Crippen LogP contribution in [0.1, 0.15) is 30.7 Å². The van der Waals surface area contributed by atoms with Gasteiger partial charge in [-0.15, -0.1) is 0 Å². The van der Waals surface area contributed by atoms with Gasteiger partial charge >= 0.3 is 0 Å². The Hall–Kier alpha value is -1.58. The number of pyridine rings is 1. The number of ether oxygens (including phenoxy) is 1. The Morgan fingerprint density at radius 2 is 2.10 bits per heavy atom. The van der Waals surface area contributed by atoms with E-state index >= 15 is 0 Å². The molecule has 2 aromatic rings. The highest BCUT2D eigenvalue weighted by atomic mass is 35.5. The van der Waals surface area contributed by atoms with Crippen LogP contribution >= 0.6 is 11.6 Å². The maximum atomic E-state index is 6.22. The topological polar surface area (TPSA) is 48.1 Å². The third-order valence-corrected chi connectivity index (χ3v) is 3.48. The Labute approximate surface area is 124 Å². The average Bonchev–Trinajstić information content (AvgIpc) is 2.46. The standard InChI is InChI=1S/C16H19ClN2O/c1-3-13(18)16(14-6-4-5-9-19-14)20-15-8-7-11(2)10-12(15)17/h4-10,13,16H,3,18H2,1-2H3. The van der Waals surface area contributed by atoms with Crippen molar-refractivity contribution in [2.75, 3.05) is 0 Å². The van der Waals surface area contributed by atoms with E-state index in [9.17, 15) is 0 Å². The summed E-state index contributed by atoms with van der Waals surface area (Å²) in [5.41, 5.74) is 8.08. The van der Waals surface area contributed by atoms with Crippen molar-refractivity contribution < 1.29 is 4.74 Å². The van der Waals surface area contributed by atoms with Crippen LogP contribution in [-0.4, -0.2) is 11.0 Å². The molecule has 4 heteroatoms. The summed E-state index contributed by atoms with van der Waals surface area (Å²) in [5, 5.41) is 0.592. The number of benzene rings is 1. The fourth-order valence-corrected chi connectivity index (χ4v) is 2.24. The fourth-order valence-electron chi connectivity index (χ4n) is 1.96. The zero-order valence-electron chi connectivity index (χ0n) is 11.7. The van der Waals surface area contributed by atoms with Crippen molar-refractivity contribution in [1.82, 2.24) is 4.98 Å². The fraction of sp³-hybridized carbons (Fsp3) is 0.312. The van der Waals surface area contributed by atoms with Gasteiger partial charge in [0.05, 0.1) is 10.7 Å². The van der Waals surface area contributed by atoms with Gasteiger partial charge in [-0.3, -0.25) is 4.98 Å². The van der Waals surface area contributed by atoms with Crippen LogP contribution in [0.3, 0.4) is 0 Å². The molecule has 0 amide bonds. The molecule has 1 aromatic carbocycles. The Morgan fingerprint density at radius 1 is 1.30 bits per heavy atom. The lowest BCUT2D eigenvalue weighted by Crippen LogP contribution is -2.32. The molecule has 0 spiro atoms. The number of rotatable bonds is 5. The predicted octanol–water partition coefficient (Wildman–Crippen LogP) is 3.90. The van der Waals surface area contributed by atoms with Crippen molar-refractivity contribution in [3.05, 3.63) is 58.9 Å². The third-order valence-electron chi connectivity index (χ3n) is 3.18. The lowest BCUT2D eigenvalue weighted by molar-refractivity contribution is 0.166. The van der Waals surface area contributed by atoms with E-state index in [4.69, 9.17) is 22.1 Å². The lowest BCUT2D eigenvalue weighted by atomic mass is 10.1. The molecule has 2 N–H and O–H groups in total. The van der Waals surface area contributed by atoms with Crippen molar-refractivity contribution in [1.29, 1.82) is 0 Å². The predicted molar refractivity (Wildman–Crippen MR) is 82.1 cm³/mol. The highest BCUT2D eigenvalue weighted by Crippen LogP contribution is 2.30. The number of hydrogen-bond donors (Lipinski definition) is 1. The van der Waals surface area contributed by atoms with E-state index in [1.54, 1.807) is 6.20 Å². The van der Waals surface area contributed by atoms with Crippen LogP contribution in [0.4, 0.5) is 0 Å². The first-order valence-electron chi connectivity index (χ1n) is 6.71. The van der Waals surface area contributed by atoms with Gasteiger partial charge in [0.2, 0.25) is 0 Å². The van der Waals surface area contributed by atoms with E-state index in [0.29, 0.717) is 10.8 Å². The van der Waals surface area contributed by atoms with Crippen molar-refractivity contribution in [3.63, 3.8) is 0 Å². The van der Waals surface area contributed by atoms with E-state index in [1.165, 1.54) is 0 Å². The number of nitrogens with two attached hydrogens (primary N) is 1. The van der Waals surface area contributed by atoms with Crippen LogP contribution < -0.4 is 10.5 Å². The average molecular weight is 291 g/mol. The minimum absolute atomic E-state index is 0.137. The smallest absolute Gasteiger partial charge is 0.156 e. The summed E-state index contributed by atoms with van der Waals surface area (Å²) >= 11 is 6.22. The van der Waals surface area contributed by atoms with Gasteiger partial charge in [-0.05, 0) is 43.2 Å². The van der Waals surface area contributed by atoms with Crippen LogP contribution in [0.15, 0.2) is 42.6 Å². The first kappa shape index (κ1) is 14.8. The van der Waals surface area contributed by atoms with Crippen LogP contribution in [-0.2, 0) is 0 Å². The third kappa shape index (κ3) is 3.50. The molecular weight excluding hydrogens is 272 g/mol. The van der Waals surface area contributed by atoms with Crippen molar-refractivity contribution >= 4 is 11.6 Å². The van der Waals surface area contributed by atoms with Crippen LogP contribution in [0, 0.1) is 6.92 Å². The Balaban J connectivity index is 2.29. The summed E-state index contributed by atoms with van der Waals surface area (Å²) in [5.74, 6) is 0.636. The summed E-state index contributed by atoms with van der Waals surface area (Å²) in [6.07, 6.45) is 2.23. The zero-order chi connectivity index (χ0) is 14.5. The van der Waals surface area contributed by atoms with E-state index in [2.05, 4.69) is 4.98 Å². The molecule has 0 aliphatic heterocycles. The minimum atomic E-state index is -0.304. The molecule has 1 aromatic heterocycles. The van der Waals surface area contributed by atoms with E-state index in [1.807, 2.05) is 50.2 Å². The quantitative estimate of drug-likeness (QED) is 0.908. The Kier molecular flexibility index (Phi) is 4.99. The Bertz CT molecular complexity index is 560. The summed E-state index contributed by atoms with van der Waals surface area (Å²) in [6, 6.07) is 11.3. The molecular formula is C16H19ClN2O. The minimum Gasteiger partial charge on any atom is -0.481 e. The van der Waals surface area contributed by atoms with E-state index in [-0.39, 0.29) is 12.1 Å². The summed E-state index contributed by atoms with van der Waals surface area (Å²) in [6.45, 7) is 4.02. The molecule has 20 heavy (non-hydrogen) atoms. The van der Waals surface area contributed by atoms with Gasteiger partial charge < -0.3 is 10.5 Å². The molecule has 106 valence electrons. The first-order valence-corrected chi connectivity index (χ1v) is 7.09. The van der Waals surface area contributed by atoms with Crippen LogP contribution in [0.25, 0.3) is 0 Å². The zero-order valence-corrected chi connectivity index (χ0v) is 12.5. The highest BCUT2D eigenvalue weighted by molar-refractivity contribution is 6.32. The number of halogens is 1. The molecule has 0 aliphatic rings. The molecule has 0 radical (unpaired) electrons. The largest absolute Gasteiger partial charge is 0.481 e. The SMILES string of the molecule is CCC(N)C(Oc1ccc(C)cc1Cl)c1ccccn1. The second-order valence-corrected chi connectivity index (χ2v) is 5.21. The maximum absolute atomic E-state index is 6.22. The molecule has 2 rings (SSSR count). The van der Waals surface area contributed by atoms with Gasteiger partial charge in [-0.1, -0.05) is 30.7 Å². The first-order chi connectivity index (χ1) is 9.61. The van der Waals surface area contributed by atoms with Crippen molar-refractivity contribution in [2.45, 2.75) is 32.4 Å². The van der Waals surface area contributed by atoms with E-state index < -0.39 is 0 Å². The van der Waals surface area contributed by atoms with Crippen molar-refractivity contribution in [3.8, 4) is 5.75 Å². The molecule has 0 bridgehead atoms. The molecule has 0 fully saturated rings. The van der Waals surface area contributed by atoms with Gasteiger partial charge in [0.1, 0.15) is 5.75 Å². The van der Waals surface area contributed by atoms with E-state index in [0.717, 1.165) is 17.7 Å². The highest BCUT2D eigenvalue weighted by Gasteiger charge is 2.22. The van der Waals surface area contributed by atoms with Crippen molar-refractivity contribution in [2.24, 2.45) is 5.73 Å². The van der Waals surface area contributed by atoms with Crippen LogP contribution in [0.2, 0.25) is 5.02 Å². The molecule has 0 aliphatic carbocycles. The molecule has 3 nitrogen and oxygen atoms in total. The van der Waals surface area contributed by atoms with Gasteiger partial charge in [0, 0.05) is 12.2 Å². The normalized spacial score (nSPS) is 13.8. The Morgan fingerprint density at radius 3 is 2.70 bits per heavy atom. The van der Waals surface area contributed by atoms with Gasteiger partial charge in [-0.25, -0.2) is 0 Å². The van der Waals surface area contributed by atoms with Gasteiger partial charge in [-0.2, -0.15) is 0 Å². The second-order valence-electron chi connectivity index (χ2n) is 4.80. The molecule has 1 heterocycles. The number of nitrogens with zero attached hydrogens (tertiary/aromatic N) is 1. The summed E-state index contributed by atoms with van der Waals surface area (Å²) in [7, 11) is 0. The number of aryl methyl sites for hydroxylation is 1. The maximum Gasteiger partial charge on any atom is 0.156 e. The molecule has 2 unspecified atom stereocenters. The summed E-state index contributed by atoms with van der Waals surface area (Å²) in [4.78, 5) is 4.34. The van der Waals surface area contributed by atoms with Crippen LogP contribution in [0.5, 0.6) is 5.75 Å². The summed E-state index contributed by atoms with van der Waals surface area (Å²) < 4.78 is 6.02. The molecule has 0 saturated heterocycles. The molecule has 0 saturated carbocycles. The number of hydrogen-bond acceptors (Lipinski definition) is 3. The monoisotopic (exact) mass is 290 g/mol.